The molecule has 0 aliphatic carbocycles. The Labute approximate surface area is 123 Å². The molecule has 1 aliphatic heterocycles. The fraction of sp³-hybridized carbons (Fsp3) is 0.933. The average molecular weight is 285 g/mol. The summed E-state index contributed by atoms with van der Waals surface area (Å²) in [6.45, 7) is 9.51. The van der Waals surface area contributed by atoms with Crippen LogP contribution < -0.4 is 5.32 Å². The van der Waals surface area contributed by atoms with Gasteiger partial charge in [0.1, 0.15) is 0 Å². The molecule has 1 aliphatic rings. The summed E-state index contributed by atoms with van der Waals surface area (Å²) in [7, 11) is 3.62. The van der Waals surface area contributed by atoms with E-state index < -0.39 is 0 Å². The van der Waals surface area contributed by atoms with Gasteiger partial charge in [-0.1, -0.05) is 0 Å². The number of likely N-dealkylation sites (tertiary alicyclic amines) is 1. The van der Waals surface area contributed by atoms with Crippen LogP contribution in [0.1, 0.15) is 26.7 Å². The second-order valence-electron chi connectivity index (χ2n) is 6.01. The molecule has 118 valence electrons. The lowest BCUT2D eigenvalue weighted by Crippen LogP contribution is -2.45. The second kappa shape index (κ2) is 9.32. The van der Waals surface area contributed by atoms with Crippen LogP contribution in [0.5, 0.6) is 0 Å². The topological polar surface area (TPSA) is 44.8 Å². The smallest absolute Gasteiger partial charge is 0.236 e. The Balaban J connectivity index is 2.17. The molecule has 5 nitrogen and oxygen atoms in total. The summed E-state index contributed by atoms with van der Waals surface area (Å²) in [4.78, 5) is 16.2. The fourth-order valence-electron chi connectivity index (χ4n) is 2.42. The lowest BCUT2D eigenvalue weighted by Gasteiger charge is -2.33. The van der Waals surface area contributed by atoms with Crippen LogP contribution in [-0.4, -0.2) is 75.2 Å². The number of carbonyl (C=O) groups is 1. The van der Waals surface area contributed by atoms with Crippen LogP contribution in [0.25, 0.3) is 0 Å². The molecular formula is C15H31N3O2. The van der Waals surface area contributed by atoms with Crippen molar-refractivity contribution in [2.75, 3.05) is 53.5 Å². The molecule has 5 heteroatoms. The van der Waals surface area contributed by atoms with Crippen molar-refractivity contribution in [3.05, 3.63) is 0 Å². The predicted molar refractivity (Wildman–Crippen MR) is 81.8 cm³/mol. The van der Waals surface area contributed by atoms with Gasteiger partial charge in [-0.25, -0.2) is 0 Å². The lowest BCUT2D eigenvalue weighted by atomic mass is 9.97. The third kappa shape index (κ3) is 6.20. The van der Waals surface area contributed by atoms with Crippen molar-refractivity contribution in [1.82, 2.24) is 15.1 Å². The Morgan fingerprint density at radius 1 is 1.40 bits per heavy atom. The highest BCUT2D eigenvalue weighted by Gasteiger charge is 2.22. The SMILES string of the molecule is COCCNCC1CCN(CC(=O)N(C)C(C)C)CC1. The molecule has 0 spiro atoms. The Morgan fingerprint density at radius 2 is 2.05 bits per heavy atom. The molecule has 0 saturated carbocycles. The maximum absolute atomic E-state index is 12.0. The minimum atomic E-state index is 0.233. The molecule has 0 atom stereocenters. The number of hydrogen-bond acceptors (Lipinski definition) is 4. The van der Waals surface area contributed by atoms with E-state index in [0.29, 0.717) is 6.54 Å². The molecule has 1 rings (SSSR count). The molecule has 1 amide bonds. The van der Waals surface area contributed by atoms with Gasteiger partial charge in [-0.05, 0) is 52.2 Å². The summed E-state index contributed by atoms with van der Waals surface area (Å²) in [5, 5.41) is 3.43. The van der Waals surface area contributed by atoms with Crippen LogP contribution in [0.15, 0.2) is 0 Å². The van der Waals surface area contributed by atoms with Crippen LogP contribution in [-0.2, 0) is 9.53 Å². The van der Waals surface area contributed by atoms with E-state index in [4.69, 9.17) is 4.74 Å². The van der Waals surface area contributed by atoms with Crippen LogP contribution in [0, 0.1) is 5.92 Å². The zero-order valence-corrected chi connectivity index (χ0v) is 13.5. The van der Waals surface area contributed by atoms with Crippen LogP contribution in [0.3, 0.4) is 0 Å². The van der Waals surface area contributed by atoms with E-state index in [-0.39, 0.29) is 11.9 Å². The fourth-order valence-corrected chi connectivity index (χ4v) is 2.42. The number of likely N-dealkylation sites (N-methyl/N-ethyl adjacent to an activating group) is 1. The van der Waals surface area contributed by atoms with E-state index in [1.165, 1.54) is 12.8 Å². The summed E-state index contributed by atoms with van der Waals surface area (Å²) in [6.07, 6.45) is 2.36. The van der Waals surface area contributed by atoms with E-state index in [1.807, 2.05) is 11.9 Å². The number of nitrogens with zero attached hydrogens (tertiary/aromatic N) is 2. The standard InChI is InChI=1S/C15H31N3O2/c1-13(2)17(3)15(19)12-18-8-5-14(6-9-18)11-16-7-10-20-4/h13-14,16H,5-12H2,1-4H3. The van der Waals surface area contributed by atoms with Gasteiger partial charge >= 0.3 is 0 Å². The minimum absolute atomic E-state index is 0.233. The largest absolute Gasteiger partial charge is 0.383 e. The van der Waals surface area contributed by atoms with E-state index in [2.05, 4.69) is 24.1 Å². The summed E-state index contributed by atoms with van der Waals surface area (Å²) in [5.74, 6) is 0.970. The van der Waals surface area contributed by atoms with Gasteiger partial charge in [0.05, 0.1) is 13.2 Å². The van der Waals surface area contributed by atoms with Crippen molar-refractivity contribution in [2.45, 2.75) is 32.7 Å². The normalized spacial score (nSPS) is 17.6. The third-order valence-electron chi connectivity index (χ3n) is 4.15. The summed E-state index contributed by atoms with van der Waals surface area (Å²) in [6, 6.07) is 0.282. The molecule has 1 fully saturated rings. The lowest BCUT2D eigenvalue weighted by molar-refractivity contribution is -0.132. The number of ether oxygens (including phenoxy) is 1. The molecule has 0 radical (unpaired) electrons. The Hall–Kier alpha value is -0.650. The third-order valence-corrected chi connectivity index (χ3v) is 4.15. The molecule has 1 heterocycles. The Bertz CT molecular complexity index is 276. The van der Waals surface area contributed by atoms with Crippen LogP contribution in [0.4, 0.5) is 0 Å². The number of rotatable bonds is 8. The highest BCUT2D eigenvalue weighted by Crippen LogP contribution is 2.16. The molecule has 0 bridgehead atoms. The minimum Gasteiger partial charge on any atom is -0.383 e. The highest BCUT2D eigenvalue weighted by atomic mass is 16.5. The van der Waals surface area contributed by atoms with Crippen molar-refractivity contribution < 1.29 is 9.53 Å². The van der Waals surface area contributed by atoms with Gasteiger partial charge in [0.25, 0.3) is 0 Å². The highest BCUT2D eigenvalue weighted by molar-refractivity contribution is 5.78. The van der Waals surface area contributed by atoms with Gasteiger partial charge in [0.2, 0.25) is 5.91 Å². The van der Waals surface area contributed by atoms with Crippen LogP contribution >= 0.6 is 0 Å². The number of piperidine rings is 1. The van der Waals surface area contributed by atoms with Gasteiger partial charge < -0.3 is 15.0 Å². The maximum Gasteiger partial charge on any atom is 0.236 e. The zero-order valence-electron chi connectivity index (χ0n) is 13.5. The predicted octanol–water partition coefficient (Wildman–Crippen LogP) is 0.801. The summed E-state index contributed by atoms with van der Waals surface area (Å²) in [5.41, 5.74) is 0. The van der Waals surface area contributed by atoms with Gasteiger partial charge in [0.15, 0.2) is 0 Å². The average Bonchev–Trinajstić information content (AvgIpc) is 2.44. The number of methoxy groups -OCH3 is 1. The molecule has 0 aromatic rings. The number of carbonyl (C=O) groups excluding carboxylic acids is 1. The van der Waals surface area contributed by atoms with Crippen molar-refractivity contribution in [3.63, 3.8) is 0 Å². The number of amides is 1. The van der Waals surface area contributed by atoms with Crippen LogP contribution in [0.2, 0.25) is 0 Å². The van der Waals surface area contributed by atoms with Crippen molar-refractivity contribution in [1.29, 1.82) is 0 Å². The Kier molecular flexibility index (Phi) is 8.11. The molecule has 0 aromatic carbocycles. The monoisotopic (exact) mass is 285 g/mol. The molecule has 0 aromatic heterocycles. The Morgan fingerprint density at radius 3 is 2.60 bits per heavy atom. The van der Waals surface area contributed by atoms with Gasteiger partial charge in [0, 0.05) is 26.7 Å². The number of nitrogens with one attached hydrogen (secondary N) is 1. The molecule has 1 N–H and O–H groups in total. The first-order valence-electron chi connectivity index (χ1n) is 7.72. The van der Waals surface area contributed by atoms with Gasteiger partial charge in [-0.3, -0.25) is 9.69 Å². The van der Waals surface area contributed by atoms with E-state index in [1.54, 1.807) is 7.11 Å². The maximum atomic E-state index is 12.0. The molecular weight excluding hydrogens is 254 g/mol. The van der Waals surface area contributed by atoms with Gasteiger partial charge in [-0.15, -0.1) is 0 Å². The summed E-state index contributed by atoms with van der Waals surface area (Å²) < 4.78 is 5.02. The van der Waals surface area contributed by atoms with Crippen molar-refractivity contribution >= 4 is 5.91 Å². The second-order valence-corrected chi connectivity index (χ2v) is 6.01. The van der Waals surface area contributed by atoms with E-state index in [9.17, 15) is 4.79 Å². The molecule has 1 saturated heterocycles. The first-order valence-corrected chi connectivity index (χ1v) is 7.72. The van der Waals surface area contributed by atoms with E-state index >= 15 is 0 Å². The van der Waals surface area contributed by atoms with Crippen molar-refractivity contribution in [2.24, 2.45) is 5.92 Å². The molecule has 0 unspecified atom stereocenters. The quantitative estimate of drug-likeness (QED) is 0.670. The van der Waals surface area contributed by atoms with Crippen molar-refractivity contribution in [3.8, 4) is 0 Å². The first-order chi connectivity index (χ1) is 9.54. The first kappa shape index (κ1) is 17.4. The number of hydrogen-bond donors (Lipinski definition) is 1. The van der Waals surface area contributed by atoms with E-state index in [0.717, 1.165) is 38.7 Å². The molecule has 20 heavy (non-hydrogen) atoms. The van der Waals surface area contributed by atoms with Gasteiger partial charge in [-0.2, -0.15) is 0 Å². The zero-order chi connectivity index (χ0) is 15.0. The summed E-state index contributed by atoms with van der Waals surface area (Å²) >= 11 is 0.